The van der Waals surface area contributed by atoms with Crippen molar-refractivity contribution in [2.75, 3.05) is 5.43 Å². The maximum absolute atomic E-state index is 11.9. The summed E-state index contributed by atoms with van der Waals surface area (Å²) in [6.45, 7) is 5.59. The summed E-state index contributed by atoms with van der Waals surface area (Å²) < 4.78 is 0. The van der Waals surface area contributed by atoms with E-state index in [1.54, 1.807) is 24.3 Å². The quantitative estimate of drug-likeness (QED) is 0.370. The third-order valence-corrected chi connectivity index (χ3v) is 2.56. The van der Waals surface area contributed by atoms with E-state index < -0.39 is 5.84 Å². The molecule has 0 saturated heterocycles. The highest BCUT2D eigenvalue weighted by Gasteiger charge is 2.09. The molecular weight excluding hydrogens is 268 g/mol. The lowest BCUT2D eigenvalue weighted by Gasteiger charge is -2.10. The number of hydrazone groups is 1. The van der Waals surface area contributed by atoms with E-state index in [1.165, 1.54) is 0 Å². The topological polar surface area (TPSA) is 127 Å². The van der Waals surface area contributed by atoms with Crippen molar-refractivity contribution < 1.29 is 4.79 Å². The minimum atomic E-state index is -0.407. The maximum Gasteiger partial charge on any atom is 0.251 e. The number of nitriles is 1. The minimum Gasteiger partial charge on any atom is -0.382 e. The van der Waals surface area contributed by atoms with Crippen LogP contribution in [0.1, 0.15) is 29.8 Å². The van der Waals surface area contributed by atoms with E-state index in [1.807, 2.05) is 20.8 Å². The number of rotatable bonds is 5. The van der Waals surface area contributed by atoms with Crippen LogP contribution in [0.3, 0.4) is 0 Å². The molecule has 0 aliphatic rings. The van der Waals surface area contributed by atoms with Crippen LogP contribution in [0.2, 0.25) is 0 Å². The number of nitrogens with zero attached hydrogens (tertiary/aromatic N) is 2. The number of benzene rings is 1. The Labute approximate surface area is 123 Å². The van der Waals surface area contributed by atoms with E-state index in [4.69, 9.17) is 16.4 Å². The fourth-order valence-electron chi connectivity index (χ4n) is 1.54. The van der Waals surface area contributed by atoms with E-state index in [2.05, 4.69) is 15.8 Å². The predicted molar refractivity (Wildman–Crippen MR) is 82.4 cm³/mol. The van der Waals surface area contributed by atoms with Crippen molar-refractivity contribution >= 4 is 23.1 Å². The molecule has 0 unspecified atom stereocenters. The third-order valence-electron chi connectivity index (χ3n) is 2.56. The van der Waals surface area contributed by atoms with Crippen LogP contribution in [-0.2, 0) is 0 Å². The van der Waals surface area contributed by atoms with Gasteiger partial charge in [0.25, 0.3) is 5.91 Å². The van der Waals surface area contributed by atoms with Gasteiger partial charge in [0, 0.05) is 11.6 Å². The number of anilines is 1. The average molecular weight is 286 g/mol. The molecule has 21 heavy (non-hydrogen) atoms. The van der Waals surface area contributed by atoms with Gasteiger partial charge in [0.2, 0.25) is 5.71 Å². The van der Waals surface area contributed by atoms with Crippen LogP contribution in [0.4, 0.5) is 5.69 Å². The zero-order valence-electron chi connectivity index (χ0n) is 12.2. The second-order valence-corrected chi connectivity index (χ2v) is 4.76. The number of carbonyl (C=O) groups is 1. The van der Waals surface area contributed by atoms with Gasteiger partial charge in [0.05, 0.1) is 5.69 Å². The van der Waals surface area contributed by atoms with Crippen LogP contribution < -0.4 is 16.5 Å². The van der Waals surface area contributed by atoms with Crippen molar-refractivity contribution in [3.63, 3.8) is 0 Å². The van der Waals surface area contributed by atoms with Gasteiger partial charge < -0.3 is 11.1 Å². The highest BCUT2D eigenvalue weighted by atomic mass is 16.1. The Morgan fingerprint density at radius 1 is 1.48 bits per heavy atom. The molecule has 0 heterocycles. The molecule has 7 heteroatoms. The summed E-state index contributed by atoms with van der Waals surface area (Å²) in [5, 5.41) is 22.5. The smallest absolute Gasteiger partial charge is 0.251 e. The minimum absolute atomic E-state index is 0.0639. The Hall–Kier alpha value is -2.88. The number of hydrogen-bond acceptors (Lipinski definition) is 5. The lowest BCUT2D eigenvalue weighted by atomic mass is 10.1. The van der Waals surface area contributed by atoms with Gasteiger partial charge in [0.1, 0.15) is 6.07 Å². The van der Waals surface area contributed by atoms with Crippen molar-refractivity contribution in [2.24, 2.45) is 10.8 Å². The van der Waals surface area contributed by atoms with Crippen LogP contribution in [0.15, 0.2) is 23.3 Å². The fourth-order valence-corrected chi connectivity index (χ4v) is 1.54. The number of nitrogens with two attached hydrogens (primary N) is 1. The van der Waals surface area contributed by atoms with Gasteiger partial charge in [-0.15, -0.1) is 0 Å². The normalized spacial score (nSPS) is 10.9. The molecule has 0 aliphatic carbocycles. The highest BCUT2D eigenvalue weighted by molar-refractivity contribution is 6.45. The number of aryl methyl sites for hydroxylation is 1. The van der Waals surface area contributed by atoms with Crippen molar-refractivity contribution in [1.82, 2.24) is 5.32 Å². The number of hydrogen-bond donors (Lipinski definition) is 4. The van der Waals surface area contributed by atoms with Gasteiger partial charge in [-0.05, 0) is 44.5 Å². The van der Waals surface area contributed by atoms with Crippen LogP contribution in [0.5, 0.6) is 0 Å². The number of amidine groups is 1. The Morgan fingerprint density at radius 3 is 2.62 bits per heavy atom. The molecule has 0 aromatic heterocycles. The first-order valence-electron chi connectivity index (χ1n) is 6.35. The van der Waals surface area contributed by atoms with Crippen LogP contribution >= 0.6 is 0 Å². The monoisotopic (exact) mass is 286 g/mol. The largest absolute Gasteiger partial charge is 0.382 e. The summed E-state index contributed by atoms with van der Waals surface area (Å²) >= 11 is 0. The first kappa shape index (κ1) is 16.2. The van der Waals surface area contributed by atoms with Crippen molar-refractivity contribution in [3.05, 3.63) is 29.3 Å². The molecule has 110 valence electrons. The first-order valence-corrected chi connectivity index (χ1v) is 6.35. The van der Waals surface area contributed by atoms with E-state index in [-0.39, 0.29) is 17.7 Å². The van der Waals surface area contributed by atoms with Gasteiger partial charge in [0.15, 0.2) is 5.84 Å². The second kappa shape index (κ2) is 7.05. The lowest BCUT2D eigenvalue weighted by Crippen LogP contribution is -2.30. The van der Waals surface area contributed by atoms with Crippen molar-refractivity contribution in [3.8, 4) is 6.07 Å². The van der Waals surface area contributed by atoms with E-state index >= 15 is 0 Å². The second-order valence-electron chi connectivity index (χ2n) is 4.76. The molecule has 1 amide bonds. The van der Waals surface area contributed by atoms with E-state index in [0.717, 1.165) is 5.56 Å². The maximum atomic E-state index is 11.9. The van der Waals surface area contributed by atoms with E-state index in [9.17, 15) is 4.79 Å². The van der Waals surface area contributed by atoms with Gasteiger partial charge in [-0.25, -0.2) is 0 Å². The lowest BCUT2D eigenvalue weighted by molar-refractivity contribution is 0.0943. The molecule has 0 atom stereocenters. The molecule has 0 radical (unpaired) electrons. The molecule has 1 rings (SSSR count). The SMILES string of the molecule is Cc1cc(C(=O)NC(C)C)ccc1N/N=C(\C#N)C(=N)N. The fraction of sp³-hybridized carbons (Fsp3) is 0.286. The Kier molecular flexibility index (Phi) is 5.43. The highest BCUT2D eigenvalue weighted by Crippen LogP contribution is 2.16. The Morgan fingerprint density at radius 2 is 2.14 bits per heavy atom. The van der Waals surface area contributed by atoms with Crippen LogP contribution in [-0.4, -0.2) is 23.5 Å². The average Bonchev–Trinajstić information content (AvgIpc) is 2.39. The molecule has 5 N–H and O–H groups in total. The standard InChI is InChI=1S/C14H18N6O/c1-8(2)18-14(21)10-4-5-11(9(3)6-10)19-20-12(7-15)13(16)17/h4-6,8,19H,1-3H3,(H3,16,17)(H,18,21)/b20-12+. The Bertz CT molecular complexity index is 627. The predicted octanol–water partition coefficient (Wildman–Crippen LogP) is 1.36. The zero-order chi connectivity index (χ0) is 16.0. The van der Waals surface area contributed by atoms with E-state index in [0.29, 0.717) is 11.3 Å². The summed E-state index contributed by atoms with van der Waals surface area (Å²) in [4.78, 5) is 11.9. The number of nitrogens with one attached hydrogen (secondary N) is 3. The molecule has 0 spiro atoms. The van der Waals surface area contributed by atoms with Crippen LogP contribution in [0.25, 0.3) is 0 Å². The molecule has 1 aromatic rings. The molecule has 0 bridgehead atoms. The molecule has 0 saturated carbocycles. The van der Waals surface area contributed by atoms with Gasteiger partial charge in [-0.3, -0.25) is 15.6 Å². The van der Waals surface area contributed by atoms with Gasteiger partial charge in [-0.1, -0.05) is 0 Å². The molecule has 7 nitrogen and oxygen atoms in total. The summed E-state index contributed by atoms with van der Waals surface area (Å²) in [7, 11) is 0. The van der Waals surface area contributed by atoms with Crippen LogP contribution in [0, 0.1) is 23.7 Å². The number of amides is 1. The summed E-state index contributed by atoms with van der Waals surface area (Å²) in [5.74, 6) is -0.555. The van der Waals surface area contributed by atoms with Gasteiger partial charge >= 0.3 is 0 Å². The molecule has 1 aromatic carbocycles. The first-order chi connectivity index (χ1) is 9.85. The molecule has 0 aliphatic heterocycles. The van der Waals surface area contributed by atoms with Crippen molar-refractivity contribution in [2.45, 2.75) is 26.8 Å². The zero-order valence-corrected chi connectivity index (χ0v) is 12.2. The van der Waals surface area contributed by atoms with Gasteiger partial charge in [-0.2, -0.15) is 10.4 Å². The summed E-state index contributed by atoms with van der Waals surface area (Å²) in [6.07, 6.45) is 0. The summed E-state index contributed by atoms with van der Waals surface area (Å²) in [6, 6.07) is 6.84. The Balaban J connectivity index is 2.92. The number of carbonyl (C=O) groups excluding carboxylic acids is 1. The molecular formula is C14H18N6O. The molecule has 0 fully saturated rings. The summed E-state index contributed by atoms with van der Waals surface area (Å²) in [5.41, 5.74) is 9.63. The van der Waals surface area contributed by atoms with Crippen molar-refractivity contribution in [1.29, 1.82) is 10.7 Å². The third kappa shape index (κ3) is 4.62.